The SMILES string of the molecule is NC(=O)c1cc(NCC2CCCCN2)nc2ccccc12. The van der Waals surface area contributed by atoms with Crippen LogP contribution in [0.25, 0.3) is 10.9 Å². The topological polar surface area (TPSA) is 80.0 Å². The number of fused-ring (bicyclic) bond motifs is 1. The molecule has 5 nitrogen and oxygen atoms in total. The molecule has 1 aliphatic heterocycles. The molecule has 3 rings (SSSR count). The van der Waals surface area contributed by atoms with Crippen molar-refractivity contribution in [3.8, 4) is 0 Å². The first-order valence-corrected chi connectivity index (χ1v) is 7.41. The zero-order valence-corrected chi connectivity index (χ0v) is 11.9. The number of amides is 1. The quantitative estimate of drug-likeness (QED) is 0.801. The van der Waals surface area contributed by atoms with Crippen LogP contribution in [0.2, 0.25) is 0 Å². The second-order valence-corrected chi connectivity index (χ2v) is 5.46. The number of anilines is 1. The number of hydrogen-bond donors (Lipinski definition) is 3. The summed E-state index contributed by atoms with van der Waals surface area (Å²) in [4.78, 5) is 16.2. The summed E-state index contributed by atoms with van der Waals surface area (Å²) >= 11 is 0. The van der Waals surface area contributed by atoms with Crippen LogP contribution in [-0.4, -0.2) is 30.0 Å². The van der Waals surface area contributed by atoms with E-state index < -0.39 is 5.91 Å². The molecule has 1 aliphatic rings. The Labute approximate surface area is 123 Å². The van der Waals surface area contributed by atoms with Gasteiger partial charge >= 0.3 is 0 Å². The maximum atomic E-state index is 11.6. The Morgan fingerprint density at radius 3 is 3.00 bits per heavy atom. The third kappa shape index (κ3) is 3.13. The fraction of sp³-hybridized carbons (Fsp3) is 0.375. The monoisotopic (exact) mass is 284 g/mol. The van der Waals surface area contributed by atoms with Gasteiger partial charge in [-0.1, -0.05) is 24.6 Å². The van der Waals surface area contributed by atoms with Crippen LogP contribution in [-0.2, 0) is 0 Å². The van der Waals surface area contributed by atoms with Crippen LogP contribution in [0.15, 0.2) is 30.3 Å². The van der Waals surface area contributed by atoms with Gasteiger partial charge < -0.3 is 16.4 Å². The minimum atomic E-state index is -0.424. The number of pyridine rings is 1. The van der Waals surface area contributed by atoms with Gasteiger partial charge in [-0.3, -0.25) is 4.79 Å². The number of carbonyl (C=O) groups excluding carboxylic acids is 1. The summed E-state index contributed by atoms with van der Waals surface area (Å²) < 4.78 is 0. The molecule has 0 radical (unpaired) electrons. The van der Waals surface area contributed by atoms with Gasteiger partial charge in [-0.15, -0.1) is 0 Å². The third-order valence-corrected chi connectivity index (χ3v) is 3.92. The lowest BCUT2D eigenvalue weighted by molar-refractivity contribution is 0.100. The van der Waals surface area contributed by atoms with Gasteiger partial charge in [0.2, 0.25) is 5.91 Å². The lowest BCUT2D eigenvalue weighted by Crippen LogP contribution is -2.39. The van der Waals surface area contributed by atoms with Crippen molar-refractivity contribution in [2.75, 3.05) is 18.4 Å². The minimum absolute atomic E-state index is 0.424. The summed E-state index contributed by atoms with van der Waals surface area (Å²) in [6.45, 7) is 1.88. The molecular weight excluding hydrogens is 264 g/mol. The maximum absolute atomic E-state index is 11.6. The molecule has 1 aromatic heterocycles. The Hall–Kier alpha value is -2.14. The van der Waals surface area contributed by atoms with Gasteiger partial charge in [-0.05, 0) is 31.5 Å². The zero-order chi connectivity index (χ0) is 14.7. The first-order valence-electron chi connectivity index (χ1n) is 7.41. The number of aromatic nitrogens is 1. The molecule has 2 heterocycles. The molecule has 1 atom stereocenters. The second-order valence-electron chi connectivity index (χ2n) is 5.46. The number of benzene rings is 1. The van der Waals surface area contributed by atoms with Crippen LogP contribution < -0.4 is 16.4 Å². The van der Waals surface area contributed by atoms with Crippen molar-refractivity contribution in [3.63, 3.8) is 0 Å². The summed E-state index contributed by atoms with van der Waals surface area (Å²) in [6, 6.07) is 9.76. The van der Waals surface area contributed by atoms with Crippen LogP contribution in [0.4, 0.5) is 5.82 Å². The summed E-state index contributed by atoms with van der Waals surface area (Å²) in [5.41, 5.74) is 6.78. The molecule has 0 saturated carbocycles. The van der Waals surface area contributed by atoms with E-state index in [-0.39, 0.29) is 0 Å². The summed E-state index contributed by atoms with van der Waals surface area (Å²) in [7, 11) is 0. The molecule has 0 spiro atoms. The van der Waals surface area contributed by atoms with Gasteiger partial charge in [-0.25, -0.2) is 4.98 Å². The van der Waals surface area contributed by atoms with E-state index in [9.17, 15) is 4.79 Å². The Balaban J connectivity index is 1.83. The van der Waals surface area contributed by atoms with Crippen LogP contribution in [0.1, 0.15) is 29.6 Å². The van der Waals surface area contributed by atoms with Crippen LogP contribution in [0, 0.1) is 0 Å². The van der Waals surface area contributed by atoms with Gasteiger partial charge in [0.05, 0.1) is 11.1 Å². The van der Waals surface area contributed by atoms with E-state index in [4.69, 9.17) is 5.73 Å². The van der Waals surface area contributed by atoms with E-state index in [0.29, 0.717) is 17.4 Å². The number of carbonyl (C=O) groups is 1. The predicted molar refractivity (Wildman–Crippen MR) is 84.4 cm³/mol. The molecule has 1 saturated heterocycles. The molecule has 1 unspecified atom stereocenters. The van der Waals surface area contributed by atoms with E-state index >= 15 is 0 Å². The van der Waals surface area contributed by atoms with Crippen LogP contribution in [0.3, 0.4) is 0 Å². The molecule has 110 valence electrons. The first-order chi connectivity index (χ1) is 10.2. The lowest BCUT2D eigenvalue weighted by Gasteiger charge is -2.24. The van der Waals surface area contributed by atoms with Crippen molar-refractivity contribution in [1.29, 1.82) is 0 Å². The molecule has 2 aromatic rings. The number of para-hydroxylation sites is 1. The standard InChI is InChI=1S/C16H20N4O/c17-16(21)13-9-15(19-10-11-5-3-4-8-18-11)20-14-7-2-1-6-12(13)14/h1-2,6-7,9,11,18H,3-5,8,10H2,(H2,17,21)(H,19,20). The number of nitrogens with zero attached hydrogens (tertiary/aromatic N) is 1. The molecule has 1 aromatic carbocycles. The van der Waals surface area contributed by atoms with Gasteiger partial charge in [0.25, 0.3) is 0 Å². The van der Waals surface area contributed by atoms with E-state index in [0.717, 1.165) is 24.0 Å². The average molecular weight is 284 g/mol. The maximum Gasteiger partial charge on any atom is 0.249 e. The molecular formula is C16H20N4O. The molecule has 21 heavy (non-hydrogen) atoms. The number of primary amides is 1. The largest absolute Gasteiger partial charge is 0.368 e. The van der Waals surface area contributed by atoms with Crippen molar-refractivity contribution in [2.24, 2.45) is 5.73 Å². The number of nitrogens with two attached hydrogens (primary N) is 1. The van der Waals surface area contributed by atoms with Crippen molar-refractivity contribution < 1.29 is 4.79 Å². The zero-order valence-electron chi connectivity index (χ0n) is 11.9. The van der Waals surface area contributed by atoms with E-state index in [1.54, 1.807) is 6.07 Å². The highest BCUT2D eigenvalue weighted by atomic mass is 16.1. The molecule has 4 N–H and O–H groups in total. The predicted octanol–water partition coefficient (Wildman–Crippen LogP) is 1.89. The molecule has 1 amide bonds. The van der Waals surface area contributed by atoms with Crippen molar-refractivity contribution in [2.45, 2.75) is 25.3 Å². The number of piperidine rings is 1. The Morgan fingerprint density at radius 2 is 2.24 bits per heavy atom. The summed E-state index contributed by atoms with van der Waals surface area (Å²) in [5, 5.41) is 7.60. The highest BCUT2D eigenvalue weighted by Crippen LogP contribution is 2.20. The Morgan fingerprint density at radius 1 is 1.38 bits per heavy atom. The second kappa shape index (κ2) is 6.10. The van der Waals surface area contributed by atoms with E-state index in [1.807, 2.05) is 24.3 Å². The van der Waals surface area contributed by atoms with Crippen molar-refractivity contribution in [1.82, 2.24) is 10.3 Å². The molecule has 0 aliphatic carbocycles. The van der Waals surface area contributed by atoms with E-state index in [2.05, 4.69) is 15.6 Å². The van der Waals surface area contributed by atoms with E-state index in [1.165, 1.54) is 19.3 Å². The van der Waals surface area contributed by atoms with Crippen LogP contribution >= 0.6 is 0 Å². The summed E-state index contributed by atoms with van der Waals surface area (Å²) in [5.74, 6) is 0.280. The fourth-order valence-electron chi connectivity index (χ4n) is 2.80. The number of rotatable bonds is 4. The Kier molecular flexibility index (Phi) is 4.01. The molecule has 1 fully saturated rings. The fourth-order valence-corrected chi connectivity index (χ4v) is 2.80. The van der Waals surface area contributed by atoms with Gasteiger partial charge in [0, 0.05) is 18.0 Å². The first kappa shape index (κ1) is 13.8. The number of hydrogen-bond acceptors (Lipinski definition) is 4. The van der Waals surface area contributed by atoms with Gasteiger partial charge in [0.1, 0.15) is 5.82 Å². The average Bonchev–Trinajstić information content (AvgIpc) is 2.53. The highest BCUT2D eigenvalue weighted by molar-refractivity contribution is 6.06. The van der Waals surface area contributed by atoms with Gasteiger partial charge in [-0.2, -0.15) is 0 Å². The normalized spacial score (nSPS) is 18.6. The lowest BCUT2D eigenvalue weighted by atomic mass is 10.0. The smallest absolute Gasteiger partial charge is 0.249 e. The number of nitrogens with one attached hydrogen (secondary N) is 2. The van der Waals surface area contributed by atoms with Crippen molar-refractivity contribution >= 4 is 22.6 Å². The summed E-state index contributed by atoms with van der Waals surface area (Å²) in [6.07, 6.45) is 3.68. The molecule has 5 heteroatoms. The van der Waals surface area contributed by atoms with Crippen LogP contribution in [0.5, 0.6) is 0 Å². The van der Waals surface area contributed by atoms with Gasteiger partial charge in [0.15, 0.2) is 0 Å². The highest BCUT2D eigenvalue weighted by Gasteiger charge is 2.14. The minimum Gasteiger partial charge on any atom is -0.368 e. The third-order valence-electron chi connectivity index (χ3n) is 3.92. The Bertz CT molecular complexity index is 650. The molecule has 0 bridgehead atoms. The van der Waals surface area contributed by atoms with Crippen molar-refractivity contribution in [3.05, 3.63) is 35.9 Å².